The first-order valence-corrected chi connectivity index (χ1v) is 11.6. The summed E-state index contributed by atoms with van der Waals surface area (Å²) in [6.45, 7) is 4.65. The van der Waals surface area contributed by atoms with Crippen LogP contribution in [-0.2, 0) is 4.79 Å². The van der Waals surface area contributed by atoms with Crippen molar-refractivity contribution in [3.8, 4) is 5.75 Å². The number of hydrogen-bond donors (Lipinski definition) is 1. The minimum Gasteiger partial charge on any atom is -0.497 e. The third kappa shape index (κ3) is 5.66. The van der Waals surface area contributed by atoms with Gasteiger partial charge < -0.3 is 15.0 Å². The summed E-state index contributed by atoms with van der Waals surface area (Å²) in [6.07, 6.45) is 0.511. The van der Waals surface area contributed by atoms with Crippen LogP contribution < -0.4 is 15.0 Å². The number of ether oxygens (including phenoxy) is 1. The van der Waals surface area contributed by atoms with Crippen LogP contribution in [0.2, 0.25) is 0 Å². The zero-order valence-corrected chi connectivity index (χ0v) is 18.7. The van der Waals surface area contributed by atoms with E-state index in [1.165, 1.54) is 5.69 Å². The smallest absolute Gasteiger partial charge is 0.222 e. The van der Waals surface area contributed by atoms with E-state index in [1.807, 2.05) is 36.4 Å². The van der Waals surface area contributed by atoms with Crippen molar-refractivity contribution in [3.63, 3.8) is 0 Å². The number of nitrogens with one attached hydrogen (secondary N) is 1. The minimum atomic E-state index is -0.0828. The Morgan fingerprint density at radius 1 is 1.00 bits per heavy atom. The maximum Gasteiger partial charge on any atom is 0.222 e. The summed E-state index contributed by atoms with van der Waals surface area (Å²) in [5.74, 6) is 0.976. The largest absolute Gasteiger partial charge is 0.497 e. The van der Waals surface area contributed by atoms with Crippen LogP contribution in [-0.4, -0.2) is 50.6 Å². The Morgan fingerprint density at radius 3 is 2.39 bits per heavy atom. The van der Waals surface area contributed by atoms with Crippen molar-refractivity contribution in [1.82, 2.24) is 10.2 Å². The van der Waals surface area contributed by atoms with Crippen LogP contribution in [0.15, 0.2) is 72.1 Å². The zero-order chi connectivity index (χ0) is 21.5. The van der Waals surface area contributed by atoms with Crippen molar-refractivity contribution < 1.29 is 9.53 Å². The molecule has 0 spiro atoms. The fraction of sp³-hybridized carbons (Fsp3) is 0.320. The lowest BCUT2D eigenvalue weighted by Crippen LogP contribution is -2.47. The minimum absolute atomic E-state index is 0.0828. The van der Waals surface area contributed by atoms with Crippen molar-refractivity contribution in [2.75, 3.05) is 44.7 Å². The number of thiophene rings is 1. The quantitative estimate of drug-likeness (QED) is 0.577. The van der Waals surface area contributed by atoms with Crippen LogP contribution in [0.4, 0.5) is 5.69 Å². The van der Waals surface area contributed by atoms with Gasteiger partial charge in [-0.25, -0.2) is 0 Å². The Labute approximate surface area is 188 Å². The van der Waals surface area contributed by atoms with Crippen LogP contribution in [0, 0.1) is 0 Å². The van der Waals surface area contributed by atoms with Crippen LogP contribution >= 0.6 is 11.3 Å². The van der Waals surface area contributed by atoms with E-state index >= 15 is 0 Å². The molecule has 1 amide bonds. The van der Waals surface area contributed by atoms with Gasteiger partial charge in [-0.1, -0.05) is 36.4 Å². The number of methoxy groups -OCH3 is 1. The van der Waals surface area contributed by atoms with Gasteiger partial charge in [-0.2, -0.15) is 0 Å². The highest BCUT2D eigenvalue weighted by Crippen LogP contribution is 2.26. The van der Waals surface area contributed by atoms with Crippen molar-refractivity contribution in [1.29, 1.82) is 0 Å². The number of anilines is 1. The van der Waals surface area contributed by atoms with Gasteiger partial charge in [-0.15, -0.1) is 11.3 Å². The molecule has 5 nitrogen and oxygen atoms in total. The number of carbonyl (C=O) groups is 1. The lowest BCUT2D eigenvalue weighted by atomic mass is 10.1. The summed E-state index contributed by atoms with van der Waals surface area (Å²) in [7, 11) is 1.69. The van der Waals surface area contributed by atoms with Crippen LogP contribution in [0.3, 0.4) is 0 Å². The molecule has 1 aliphatic heterocycles. The summed E-state index contributed by atoms with van der Waals surface area (Å²) in [6, 6.07) is 22.4. The number of benzene rings is 2. The first kappa shape index (κ1) is 21.4. The number of rotatable bonds is 8. The first-order chi connectivity index (χ1) is 15.2. The molecule has 2 aromatic carbocycles. The van der Waals surface area contributed by atoms with Gasteiger partial charge in [0.05, 0.1) is 13.2 Å². The molecular formula is C25H29N3O2S. The molecule has 1 aromatic heterocycles. The highest BCUT2D eigenvalue weighted by Gasteiger charge is 2.20. The van der Waals surface area contributed by atoms with Gasteiger partial charge >= 0.3 is 0 Å². The SMILES string of the molecule is COc1ccc(N2CCN(CCC(=O)NC(c3ccccc3)c3cccs3)CC2)cc1. The third-order valence-corrected chi connectivity index (χ3v) is 6.67. The van der Waals surface area contributed by atoms with Crippen molar-refractivity contribution in [2.45, 2.75) is 12.5 Å². The van der Waals surface area contributed by atoms with Crippen molar-refractivity contribution in [3.05, 3.63) is 82.6 Å². The fourth-order valence-electron chi connectivity index (χ4n) is 3.94. The molecule has 0 bridgehead atoms. The summed E-state index contributed by atoms with van der Waals surface area (Å²) in [5.41, 5.74) is 2.34. The maximum atomic E-state index is 12.8. The van der Waals surface area contributed by atoms with E-state index in [9.17, 15) is 4.79 Å². The molecule has 1 aliphatic rings. The van der Waals surface area contributed by atoms with Crippen molar-refractivity contribution in [2.24, 2.45) is 0 Å². The average Bonchev–Trinajstić information content (AvgIpc) is 3.37. The molecule has 0 radical (unpaired) electrons. The van der Waals surface area contributed by atoms with Gasteiger partial charge in [-0.05, 0) is 41.3 Å². The Balaban J connectivity index is 1.27. The molecule has 0 saturated carbocycles. The Bertz CT molecular complexity index is 937. The molecule has 1 N–H and O–H groups in total. The monoisotopic (exact) mass is 435 g/mol. The average molecular weight is 436 g/mol. The number of hydrogen-bond acceptors (Lipinski definition) is 5. The van der Waals surface area contributed by atoms with E-state index in [0.717, 1.165) is 48.9 Å². The van der Waals surface area contributed by atoms with E-state index in [0.29, 0.717) is 6.42 Å². The lowest BCUT2D eigenvalue weighted by Gasteiger charge is -2.36. The molecule has 31 heavy (non-hydrogen) atoms. The molecular weight excluding hydrogens is 406 g/mol. The van der Waals surface area contributed by atoms with E-state index < -0.39 is 0 Å². The number of amides is 1. The third-order valence-electron chi connectivity index (χ3n) is 5.73. The predicted octanol–water partition coefficient (Wildman–Crippen LogP) is 4.17. The second kappa shape index (κ2) is 10.5. The highest BCUT2D eigenvalue weighted by atomic mass is 32.1. The Morgan fingerprint density at radius 2 is 1.74 bits per heavy atom. The van der Waals surface area contributed by atoms with Gasteiger partial charge in [0.1, 0.15) is 5.75 Å². The number of piperazine rings is 1. The molecule has 3 aromatic rings. The molecule has 4 rings (SSSR count). The molecule has 6 heteroatoms. The summed E-state index contributed by atoms with van der Waals surface area (Å²) in [5, 5.41) is 5.30. The fourth-order valence-corrected chi connectivity index (χ4v) is 4.74. The summed E-state index contributed by atoms with van der Waals surface area (Å²) < 4.78 is 5.24. The molecule has 1 unspecified atom stereocenters. The van der Waals surface area contributed by atoms with Gasteiger partial charge in [-0.3, -0.25) is 9.69 Å². The molecule has 1 atom stereocenters. The summed E-state index contributed by atoms with van der Waals surface area (Å²) in [4.78, 5) is 18.7. The topological polar surface area (TPSA) is 44.8 Å². The first-order valence-electron chi connectivity index (χ1n) is 10.7. The molecule has 0 aliphatic carbocycles. The zero-order valence-electron chi connectivity index (χ0n) is 17.9. The van der Waals surface area contributed by atoms with Gasteiger partial charge in [0.25, 0.3) is 0 Å². The Kier molecular flexibility index (Phi) is 7.22. The predicted molar refractivity (Wildman–Crippen MR) is 127 cm³/mol. The lowest BCUT2D eigenvalue weighted by molar-refractivity contribution is -0.121. The second-order valence-corrected chi connectivity index (χ2v) is 8.68. The molecule has 1 saturated heterocycles. The molecule has 1 fully saturated rings. The maximum absolute atomic E-state index is 12.8. The van der Waals surface area contributed by atoms with Gasteiger partial charge in [0.2, 0.25) is 5.91 Å². The van der Waals surface area contributed by atoms with E-state index in [4.69, 9.17) is 4.74 Å². The van der Waals surface area contributed by atoms with E-state index in [1.54, 1.807) is 18.4 Å². The van der Waals surface area contributed by atoms with Crippen LogP contribution in [0.5, 0.6) is 5.75 Å². The van der Waals surface area contributed by atoms with Crippen molar-refractivity contribution >= 4 is 22.9 Å². The second-order valence-electron chi connectivity index (χ2n) is 7.70. The van der Waals surface area contributed by atoms with E-state index in [-0.39, 0.29) is 11.9 Å². The van der Waals surface area contributed by atoms with Crippen LogP contribution in [0.1, 0.15) is 22.9 Å². The van der Waals surface area contributed by atoms with Gasteiger partial charge in [0.15, 0.2) is 0 Å². The number of carbonyl (C=O) groups excluding carboxylic acids is 1. The molecule has 2 heterocycles. The highest BCUT2D eigenvalue weighted by molar-refractivity contribution is 7.10. The van der Waals surface area contributed by atoms with Gasteiger partial charge in [0, 0.05) is 49.7 Å². The standard InChI is InChI=1S/C25H29N3O2S/c1-30-22-11-9-21(10-12-22)28-17-15-27(16-18-28)14-13-24(29)26-25(23-8-5-19-31-23)20-6-3-2-4-7-20/h2-12,19,25H,13-18H2,1H3,(H,26,29). The summed E-state index contributed by atoms with van der Waals surface area (Å²) >= 11 is 1.68. The Hall–Kier alpha value is -2.83. The van der Waals surface area contributed by atoms with Crippen LogP contribution in [0.25, 0.3) is 0 Å². The normalized spacial score (nSPS) is 15.5. The van der Waals surface area contributed by atoms with E-state index in [2.05, 4.69) is 50.8 Å². The molecule has 162 valence electrons. The number of nitrogens with zero attached hydrogens (tertiary/aromatic N) is 2.